The van der Waals surface area contributed by atoms with Crippen molar-refractivity contribution in [3.8, 4) is 23.5 Å². The van der Waals surface area contributed by atoms with E-state index in [0.717, 1.165) is 9.80 Å². The minimum atomic E-state index is -6.11. The van der Waals surface area contributed by atoms with Gasteiger partial charge in [0.25, 0.3) is 0 Å². The van der Waals surface area contributed by atoms with Gasteiger partial charge in [0.15, 0.2) is 11.6 Å². The molecule has 4 saturated carbocycles. The highest BCUT2D eigenvalue weighted by Gasteiger charge is 2.64. The van der Waals surface area contributed by atoms with E-state index in [1.54, 1.807) is 88.4 Å². The predicted molar refractivity (Wildman–Crippen MR) is 402 cm³/mol. The molecule has 6 fully saturated rings. The summed E-state index contributed by atoms with van der Waals surface area (Å²) in [6.07, 6.45) is -6.77. The summed E-state index contributed by atoms with van der Waals surface area (Å²) in [6.45, 7) is -7.50. The maximum Gasteiger partial charge on any atom is 0.427 e. The zero-order chi connectivity index (χ0) is 93.0. The Morgan fingerprint density at radius 1 is 0.526 bits per heavy atom. The van der Waals surface area contributed by atoms with Crippen molar-refractivity contribution < 1.29 is 126 Å². The van der Waals surface area contributed by atoms with Gasteiger partial charge in [0.05, 0.1) is 106 Å². The zero-order valence-electron chi connectivity index (χ0n) is 75.7. The third kappa shape index (κ3) is 19.6. The topological polar surface area (TPSA) is 342 Å². The van der Waals surface area contributed by atoms with Crippen LogP contribution in [-0.4, -0.2) is 179 Å². The second kappa shape index (κ2) is 33.9. The Kier molecular flexibility index (Phi) is 21.1. The van der Waals surface area contributed by atoms with E-state index in [2.05, 4.69) is 39.3 Å². The molecule has 0 spiro atoms. The van der Waals surface area contributed by atoms with Crippen LogP contribution in [0, 0.1) is 58.2 Å². The highest BCUT2D eigenvalue weighted by molar-refractivity contribution is 7.91. The zero-order valence-corrected chi connectivity index (χ0v) is 65.3. The van der Waals surface area contributed by atoms with Crippen LogP contribution < -0.4 is 28.4 Å². The molecule has 2 aromatic carbocycles. The van der Waals surface area contributed by atoms with Crippen molar-refractivity contribution in [2.75, 3.05) is 26.3 Å². The Bertz CT molecular complexity index is 4720. The van der Waals surface area contributed by atoms with Crippen molar-refractivity contribution in [3.05, 3.63) is 72.8 Å². The summed E-state index contributed by atoms with van der Waals surface area (Å²) in [4.78, 5) is 117. The molecule has 26 nitrogen and oxygen atoms in total. The molecule has 34 heteroatoms. The molecular weight excluding hydrogens is 1540 g/mol. The molecule has 2 aromatic heterocycles. The lowest BCUT2D eigenvalue weighted by Gasteiger charge is -2.33. The van der Waals surface area contributed by atoms with Gasteiger partial charge in [-0.3, -0.25) is 47.8 Å². The number of fused-ring (bicyclic) bond motifs is 6. The largest absolute Gasteiger partial charge is 0.476 e. The summed E-state index contributed by atoms with van der Waals surface area (Å²) in [5.74, 6) is -14.5. The van der Waals surface area contributed by atoms with Crippen molar-refractivity contribution in [2.24, 2.45) is 58.2 Å². The summed E-state index contributed by atoms with van der Waals surface area (Å²) >= 11 is 0. The molecule has 4 aliphatic heterocycles. The Balaban J connectivity index is 0.000000245. The number of alkyl halides is 6. The van der Waals surface area contributed by atoms with Gasteiger partial charge in [0, 0.05) is 42.1 Å². The number of hydrogen-bond donors (Lipinski definition) is 2. The number of ether oxygens (including phenoxy) is 6. The number of Topliss-reactive ketones (excluding diaryl/α,β-unsaturated/α-hetero) is 2. The standard InChI is InChI=1S/2C40H51F3N4O9S/c2*1-6-54-34-28-13-9-10-14-29(28)35(45-44-34)55-26-18-31-32(48)21-39(37(51)46-57(52,53)27-15-16-27)20-25(39)12-8-7-11-23(2)17-24(3)30(36(50)47(31)22-26)19-33(49)56-38(4,5)40(41,42)43/h2*8-10,12-14,23-27,30-31H,6-7,11,15-22H2,1-5H3,(H,46,51)/b2*12-8-/t23-,24+,25+,26+,30-,31-,39+;23-,24-,25-,26-,30+,31+,39-/m01/s1/i2*4D3,5D3. The minimum Gasteiger partial charge on any atom is -0.476 e. The summed E-state index contributed by atoms with van der Waals surface area (Å²) in [6, 6.07) is 11.0. The van der Waals surface area contributed by atoms with Crippen molar-refractivity contribution in [2.45, 2.75) is 243 Å². The molecule has 2 saturated heterocycles. The van der Waals surface area contributed by atoms with Crippen LogP contribution in [0.3, 0.4) is 0 Å². The van der Waals surface area contributed by atoms with Gasteiger partial charge in [-0.2, -0.15) is 26.3 Å². The number of carbonyl (C=O) groups is 8. The predicted octanol–water partition coefficient (Wildman–Crippen LogP) is 11.7. The third-order valence-corrected chi connectivity index (χ3v) is 26.4. The third-order valence-electron chi connectivity index (χ3n) is 22.8. The molecule has 0 unspecified atom stereocenters. The minimum absolute atomic E-state index is 0.00959. The Morgan fingerprint density at radius 3 is 1.19 bits per heavy atom. The summed E-state index contributed by atoms with van der Waals surface area (Å²) in [5.41, 5.74) is -12.9. The number of aromatic nitrogens is 4. The maximum atomic E-state index is 15.0. The number of rotatable bonds is 20. The monoisotopic (exact) mass is 1650 g/mol. The van der Waals surface area contributed by atoms with E-state index in [4.69, 9.17) is 35.4 Å². The molecule has 114 heavy (non-hydrogen) atoms. The van der Waals surface area contributed by atoms with E-state index in [9.17, 15) is 81.5 Å². The lowest BCUT2D eigenvalue weighted by atomic mass is 9.82. The number of esters is 2. The van der Waals surface area contributed by atoms with Crippen molar-refractivity contribution >= 4 is 88.7 Å². The van der Waals surface area contributed by atoms with Crippen molar-refractivity contribution in [1.29, 1.82) is 0 Å². The Morgan fingerprint density at radius 2 is 0.868 bits per heavy atom. The first-order valence-electron chi connectivity index (χ1n) is 44.3. The van der Waals surface area contributed by atoms with Gasteiger partial charge in [-0.25, -0.2) is 16.8 Å². The molecule has 624 valence electrons. The number of benzene rings is 2. The van der Waals surface area contributed by atoms with Crippen molar-refractivity contribution in [1.82, 2.24) is 39.6 Å². The Labute approximate surface area is 676 Å². The molecule has 0 bridgehead atoms. The van der Waals surface area contributed by atoms with Crippen LogP contribution in [0.2, 0.25) is 0 Å². The molecule has 4 aliphatic carbocycles. The summed E-state index contributed by atoms with van der Waals surface area (Å²) < 4.78 is 268. The first-order valence-corrected chi connectivity index (χ1v) is 41.4. The number of ketones is 2. The lowest BCUT2D eigenvalue weighted by Crippen LogP contribution is -2.48. The van der Waals surface area contributed by atoms with Crippen LogP contribution in [0.4, 0.5) is 26.3 Å². The van der Waals surface area contributed by atoms with Gasteiger partial charge in [0.2, 0.25) is 78.4 Å². The molecule has 6 heterocycles. The highest BCUT2D eigenvalue weighted by atomic mass is 32.2. The van der Waals surface area contributed by atoms with Crippen LogP contribution in [0.1, 0.15) is 201 Å². The fourth-order valence-corrected chi connectivity index (χ4v) is 18.7. The molecule has 0 radical (unpaired) electrons. The van der Waals surface area contributed by atoms with E-state index in [1.165, 1.54) is 0 Å². The van der Waals surface area contributed by atoms with E-state index in [1.807, 2.05) is 26.0 Å². The molecule has 12 rings (SSSR count). The van der Waals surface area contributed by atoms with Crippen LogP contribution in [0.15, 0.2) is 72.8 Å². The number of halogens is 6. The number of carbonyl (C=O) groups excluding carboxylic acids is 8. The average molecular weight is 1650 g/mol. The molecule has 8 aliphatic rings. The van der Waals surface area contributed by atoms with E-state index in [-0.39, 0.29) is 100 Å². The van der Waals surface area contributed by atoms with Gasteiger partial charge in [-0.1, -0.05) is 76.3 Å². The van der Waals surface area contributed by atoms with Gasteiger partial charge in [0.1, 0.15) is 12.2 Å². The van der Waals surface area contributed by atoms with Crippen molar-refractivity contribution in [3.63, 3.8) is 0 Å². The van der Waals surface area contributed by atoms with E-state index >= 15 is 0 Å². The molecule has 2 N–H and O–H groups in total. The smallest absolute Gasteiger partial charge is 0.427 e. The van der Waals surface area contributed by atoms with Crippen LogP contribution in [0.25, 0.3) is 21.5 Å². The maximum absolute atomic E-state index is 15.0. The molecule has 4 aromatic rings. The number of nitrogens with one attached hydrogen (secondary N) is 2. The van der Waals surface area contributed by atoms with Gasteiger partial charge < -0.3 is 38.2 Å². The molecule has 4 amide bonds. The van der Waals surface area contributed by atoms with Gasteiger partial charge >= 0.3 is 24.3 Å². The van der Waals surface area contributed by atoms with Gasteiger partial charge in [-0.15, -0.1) is 20.4 Å². The number of allylic oxidation sites excluding steroid dienone is 4. The fraction of sp³-hybridized carbons (Fsp3) is 0.650. The quantitative estimate of drug-likeness (QED) is 0.0471. The normalized spacial score (nSPS) is 31.4. The number of nitrogens with zero attached hydrogens (tertiary/aromatic N) is 6. The number of amides is 4. The number of hydrogen-bond acceptors (Lipinski definition) is 22. The number of sulfonamides is 2. The summed E-state index contributed by atoms with van der Waals surface area (Å²) in [7, 11) is -8.05. The average Bonchev–Trinajstić information content (AvgIpc) is 1.09. The molecular formula is C80H102F6N8O18S2. The SMILES string of the molecule is [2H]C([2H])([2H])C(OC(=O)C[C@@H]1C(=O)N2C[C@H](Oc3nnc(OCC)c4ccccc34)C[C@H]2C(=O)C[C@]2(C(=O)NS(=O)(=O)C3CC3)C[C@H]2/C=C\CC[C@@H](C)C[C@H]1C)(C([2H])([2H])[2H])C(F)(F)F.[2H]C([2H])([2H])C(OC(=O)C[C@@H]1C(=O)N2C[C@H](Oc3nnc(OCC)c4ccccc34)C[C@H]2C(=O)C[C@]2(C(=O)NS(=O)(=O)C3CC3)C[C@H]2/C=C\CC[C@H](C)C[C@H]1C)(C([2H])([2H])[2H])C(F)(F)F. The van der Waals surface area contributed by atoms with Crippen LogP contribution in [0.5, 0.6) is 23.5 Å². The van der Waals surface area contributed by atoms with Crippen LogP contribution >= 0.6 is 0 Å². The first-order chi connectivity index (χ1) is 58.5. The Hall–Kier alpha value is -8.56. The van der Waals surface area contributed by atoms with Gasteiger partial charge in [-0.05, 0) is 178 Å². The summed E-state index contributed by atoms with van der Waals surface area (Å²) in [5, 5.41) is 17.2. The second-order valence-corrected chi connectivity index (χ2v) is 35.6. The fourth-order valence-electron chi connectivity index (χ4n) is 16.0. The van der Waals surface area contributed by atoms with E-state index < -0.39 is 225 Å². The lowest BCUT2D eigenvalue weighted by molar-refractivity contribution is -0.257. The van der Waals surface area contributed by atoms with E-state index in [0.29, 0.717) is 72.9 Å². The highest BCUT2D eigenvalue weighted by Crippen LogP contribution is 2.59. The molecule has 14 atom stereocenters. The second-order valence-electron chi connectivity index (χ2n) is 31.7. The first kappa shape index (κ1) is 70.8. The van der Waals surface area contributed by atoms with Crippen LogP contribution in [-0.2, 0) is 67.9 Å².